The maximum Gasteiger partial charge on any atom is 0.330 e. The molecule has 0 heterocycles. The van der Waals surface area contributed by atoms with Gasteiger partial charge in [-0.1, -0.05) is 54.6 Å². The summed E-state index contributed by atoms with van der Waals surface area (Å²) in [5.41, 5.74) is 2.82. The zero-order valence-electron chi connectivity index (χ0n) is 13.1. The molecule has 1 aliphatic carbocycles. The van der Waals surface area contributed by atoms with Crippen LogP contribution in [0, 0.1) is 5.92 Å². The van der Waals surface area contributed by atoms with Crippen molar-refractivity contribution in [3.05, 3.63) is 71.3 Å². The summed E-state index contributed by atoms with van der Waals surface area (Å²) in [4.78, 5) is 24.2. The van der Waals surface area contributed by atoms with Gasteiger partial charge in [0.15, 0.2) is 6.04 Å². The molecule has 124 valence electrons. The lowest BCUT2D eigenvalue weighted by Gasteiger charge is -2.30. The number of hydrogen-bond donors (Lipinski definition) is 3. The van der Waals surface area contributed by atoms with Crippen LogP contribution in [0.2, 0.25) is 0 Å². The Labute approximate surface area is 146 Å². The van der Waals surface area contributed by atoms with Gasteiger partial charge in [0.25, 0.3) is 0 Å². The Morgan fingerprint density at radius 3 is 2.46 bits per heavy atom. The van der Waals surface area contributed by atoms with Crippen LogP contribution in [0.25, 0.3) is 0 Å². The minimum absolute atomic E-state index is 0.222. The molecule has 0 bridgehead atoms. The molecule has 3 rings (SSSR count). The summed E-state index contributed by atoms with van der Waals surface area (Å²) in [6.07, 6.45) is 1.46. The second-order valence-electron chi connectivity index (χ2n) is 5.98. The summed E-state index contributed by atoms with van der Waals surface area (Å²) in [6.45, 7) is 0. The van der Waals surface area contributed by atoms with E-state index in [-0.39, 0.29) is 17.1 Å². The Morgan fingerprint density at radius 1 is 1.08 bits per heavy atom. The number of carbonyl (C=O) groups is 2. The number of benzene rings is 2. The third-order valence-corrected chi connectivity index (χ3v) is 5.12. The molecule has 2 N–H and O–H groups in total. The van der Waals surface area contributed by atoms with Gasteiger partial charge in [-0.05, 0) is 29.5 Å². The number of aryl methyl sites for hydroxylation is 1. The maximum absolute atomic E-state index is 12.7. The van der Waals surface area contributed by atoms with Gasteiger partial charge in [-0.25, -0.2) is 4.79 Å². The Balaban J connectivity index is 1.78. The number of carboxylic acid groups (broad SMARTS) is 1. The van der Waals surface area contributed by atoms with Gasteiger partial charge in [-0.3, -0.25) is 4.79 Å². The first-order valence-corrected chi connectivity index (χ1v) is 8.43. The molecule has 2 aromatic carbocycles. The first-order chi connectivity index (χ1) is 11.6. The van der Waals surface area contributed by atoms with Crippen LogP contribution in [-0.4, -0.2) is 17.0 Å². The van der Waals surface area contributed by atoms with E-state index in [4.69, 9.17) is 0 Å². The lowest BCUT2D eigenvalue weighted by Crippen LogP contribution is -2.40. The number of nitrogens with one attached hydrogen (secondary N) is 1. The van der Waals surface area contributed by atoms with E-state index in [0.29, 0.717) is 12.0 Å². The molecule has 5 heteroatoms. The number of aliphatic carboxylic acids is 1. The summed E-state index contributed by atoms with van der Waals surface area (Å²) in [7, 11) is 0. The fourth-order valence-electron chi connectivity index (χ4n) is 3.19. The first-order valence-electron chi connectivity index (χ1n) is 7.92. The van der Waals surface area contributed by atoms with E-state index in [2.05, 4.69) is 24.0 Å². The maximum atomic E-state index is 12.7. The lowest BCUT2D eigenvalue weighted by molar-refractivity contribution is -0.142. The van der Waals surface area contributed by atoms with Crippen LogP contribution in [0.4, 0.5) is 0 Å². The van der Waals surface area contributed by atoms with Gasteiger partial charge in [0.1, 0.15) is 0 Å². The first kappa shape index (κ1) is 16.6. The number of rotatable bonds is 4. The topological polar surface area (TPSA) is 66.4 Å². The Kier molecular flexibility index (Phi) is 4.90. The van der Waals surface area contributed by atoms with Crippen LogP contribution in [0.1, 0.15) is 34.4 Å². The number of fused-ring (bicyclic) bond motifs is 1. The van der Waals surface area contributed by atoms with Crippen LogP contribution in [-0.2, 0) is 16.0 Å². The highest BCUT2D eigenvalue weighted by molar-refractivity contribution is 7.80. The van der Waals surface area contributed by atoms with Crippen LogP contribution in [0.3, 0.4) is 0 Å². The number of amides is 1. The van der Waals surface area contributed by atoms with Crippen LogP contribution in [0.15, 0.2) is 54.6 Å². The summed E-state index contributed by atoms with van der Waals surface area (Å²) in [5.74, 6) is -1.67. The van der Waals surface area contributed by atoms with E-state index in [1.807, 2.05) is 24.3 Å². The van der Waals surface area contributed by atoms with Crippen molar-refractivity contribution in [2.45, 2.75) is 24.1 Å². The molecule has 0 saturated carbocycles. The third kappa shape index (κ3) is 3.31. The molecule has 3 atom stereocenters. The Bertz CT molecular complexity index is 747. The monoisotopic (exact) mass is 341 g/mol. The van der Waals surface area contributed by atoms with Gasteiger partial charge in [0.2, 0.25) is 5.91 Å². The summed E-state index contributed by atoms with van der Waals surface area (Å²) >= 11 is 4.63. The number of carboxylic acids is 1. The molecule has 2 aromatic rings. The van der Waals surface area contributed by atoms with Crippen molar-refractivity contribution >= 4 is 24.5 Å². The fraction of sp³-hybridized carbons (Fsp3) is 0.263. The molecule has 4 nitrogen and oxygen atoms in total. The second-order valence-corrected chi connectivity index (χ2v) is 6.54. The molecular formula is C19H19NO3S. The van der Waals surface area contributed by atoms with E-state index in [1.54, 1.807) is 24.3 Å². The smallest absolute Gasteiger partial charge is 0.330 e. The predicted octanol–water partition coefficient (Wildman–Crippen LogP) is 3.16. The molecule has 0 radical (unpaired) electrons. The molecule has 0 spiro atoms. The molecule has 2 unspecified atom stereocenters. The quantitative estimate of drug-likeness (QED) is 0.749. The number of hydrogen-bond acceptors (Lipinski definition) is 3. The van der Waals surface area contributed by atoms with Gasteiger partial charge in [-0.2, -0.15) is 12.6 Å². The lowest BCUT2D eigenvalue weighted by atomic mass is 9.82. The second kappa shape index (κ2) is 7.09. The minimum Gasteiger partial charge on any atom is -0.479 e. The van der Waals surface area contributed by atoms with Crippen molar-refractivity contribution in [3.63, 3.8) is 0 Å². The molecule has 0 aromatic heterocycles. The van der Waals surface area contributed by atoms with Crippen LogP contribution in [0.5, 0.6) is 0 Å². The fourth-order valence-corrected chi connectivity index (χ4v) is 3.73. The predicted molar refractivity (Wildman–Crippen MR) is 94.9 cm³/mol. The van der Waals surface area contributed by atoms with E-state index < -0.39 is 12.0 Å². The van der Waals surface area contributed by atoms with Crippen molar-refractivity contribution in [3.8, 4) is 0 Å². The standard InChI is InChI=1S/C19H19NO3S/c21-18(20-16(19(22)23)13-7-2-1-3-8-13)15-11-10-12-6-4-5-9-14(12)17(15)24/h1-9,15-17,24H,10-11H2,(H,20,21)(H,22,23)/t15?,16-,17?/m1/s1. The number of carbonyl (C=O) groups excluding carboxylic acids is 1. The SMILES string of the molecule is O=C(N[C@@H](C(=O)O)c1ccccc1)C1CCc2ccccc2C1S. The molecular weight excluding hydrogens is 322 g/mol. The Morgan fingerprint density at radius 2 is 1.75 bits per heavy atom. The Hall–Kier alpha value is -2.27. The zero-order chi connectivity index (χ0) is 17.1. The highest BCUT2D eigenvalue weighted by atomic mass is 32.1. The highest BCUT2D eigenvalue weighted by Crippen LogP contribution is 2.39. The molecule has 0 aliphatic heterocycles. The average molecular weight is 341 g/mol. The van der Waals surface area contributed by atoms with E-state index >= 15 is 0 Å². The summed E-state index contributed by atoms with van der Waals surface area (Å²) < 4.78 is 0. The molecule has 1 aliphatic rings. The normalized spacial score (nSPS) is 20.7. The summed E-state index contributed by atoms with van der Waals surface area (Å²) in [5, 5.41) is 11.9. The highest BCUT2D eigenvalue weighted by Gasteiger charge is 2.34. The van der Waals surface area contributed by atoms with Gasteiger partial charge in [0.05, 0.1) is 5.92 Å². The van der Waals surface area contributed by atoms with Crippen molar-refractivity contribution < 1.29 is 14.7 Å². The zero-order valence-corrected chi connectivity index (χ0v) is 13.9. The van der Waals surface area contributed by atoms with Crippen molar-refractivity contribution in [1.29, 1.82) is 0 Å². The van der Waals surface area contributed by atoms with E-state index in [1.165, 1.54) is 5.56 Å². The average Bonchev–Trinajstić information content (AvgIpc) is 2.60. The van der Waals surface area contributed by atoms with Gasteiger partial charge in [-0.15, -0.1) is 0 Å². The summed E-state index contributed by atoms with van der Waals surface area (Å²) in [6, 6.07) is 15.6. The van der Waals surface area contributed by atoms with E-state index in [0.717, 1.165) is 12.0 Å². The van der Waals surface area contributed by atoms with Crippen LogP contribution < -0.4 is 5.32 Å². The van der Waals surface area contributed by atoms with Gasteiger partial charge < -0.3 is 10.4 Å². The molecule has 24 heavy (non-hydrogen) atoms. The molecule has 1 amide bonds. The number of thiol groups is 1. The molecule has 0 saturated heterocycles. The van der Waals surface area contributed by atoms with Crippen LogP contribution >= 0.6 is 12.6 Å². The third-order valence-electron chi connectivity index (χ3n) is 4.48. The van der Waals surface area contributed by atoms with E-state index in [9.17, 15) is 14.7 Å². The van der Waals surface area contributed by atoms with Crippen molar-refractivity contribution in [1.82, 2.24) is 5.32 Å². The van der Waals surface area contributed by atoms with Crippen molar-refractivity contribution in [2.75, 3.05) is 0 Å². The molecule has 0 fully saturated rings. The minimum atomic E-state index is -1.07. The largest absolute Gasteiger partial charge is 0.479 e. The van der Waals surface area contributed by atoms with Crippen molar-refractivity contribution in [2.24, 2.45) is 5.92 Å². The van der Waals surface area contributed by atoms with Gasteiger partial charge in [0, 0.05) is 5.25 Å². The van der Waals surface area contributed by atoms with Gasteiger partial charge >= 0.3 is 5.97 Å².